The van der Waals surface area contributed by atoms with Crippen molar-refractivity contribution in [3.8, 4) is 0 Å². The highest BCUT2D eigenvalue weighted by Crippen LogP contribution is 2.26. The number of hydrogen-bond acceptors (Lipinski definition) is 1. The molecule has 5 heteroatoms. The molecule has 82 valence electrons. The molecule has 0 N–H and O–H groups in total. The Hall–Kier alpha value is -0.640. The standard InChI is InChI=1S/C9H12ClF3O/c1-7(2)3-4-8(9(11,12)13)14-6-5-10/h3-4H,5-6H2,1-2H3/b8-4-. The van der Waals surface area contributed by atoms with Crippen molar-refractivity contribution >= 4 is 11.6 Å². The van der Waals surface area contributed by atoms with E-state index >= 15 is 0 Å². The largest absolute Gasteiger partial charge is 0.488 e. The quantitative estimate of drug-likeness (QED) is 0.405. The van der Waals surface area contributed by atoms with Crippen molar-refractivity contribution in [1.82, 2.24) is 0 Å². The maximum absolute atomic E-state index is 12.2. The SMILES string of the molecule is CC(C)=C/C=C(\OCCCl)C(F)(F)F. The van der Waals surface area contributed by atoms with Crippen LogP contribution in [0, 0.1) is 0 Å². The summed E-state index contributed by atoms with van der Waals surface area (Å²) in [5.41, 5.74) is 0.765. The van der Waals surface area contributed by atoms with Gasteiger partial charge in [0.25, 0.3) is 0 Å². The molecule has 0 unspecified atom stereocenters. The molecule has 0 radical (unpaired) electrons. The van der Waals surface area contributed by atoms with Crippen LogP contribution in [-0.4, -0.2) is 18.7 Å². The molecule has 14 heavy (non-hydrogen) atoms. The summed E-state index contributed by atoms with van der Waals surface area (Å²) in [5, 5.41) is 0. The minimum Gasteiger partial charge on any atom is -0.488 e. The van der Waals surface area contributed by atoms with Crippen LogP contribution in [0.15, 0.2) is 23.5 Å². The first-order chi connectivity index (χ1) is 6.38. The summed E-state index contributed by atoms with van der Waals surface area (Å²) in [5.74, 6) is -0.984. The number of alkyl halides is 4. The van der Waals surface area contributed by atoms with Crippen LogP contribution in [0.4, 0.5) is 13.2 Å². The summed E-state index contributed by atoms with van der Waals surface area (Å²) in [6, 6.07) is 0. The van der Waals surface area contributed by atoms with Crippen LogP contribution in [0.5, 0.6) is 0 Å². The third-order valence-corrected chi connectivity index (χ3v) is 1.34. The Morgan fingerprint density at radius 3 is 2.21 bits per heavy atom. The molecule has 0 heterocycles. The van der Waals surface area contributed by atoms with E-state index in [4.69, 9.17) is 11.6 Å². The lowest BCUT2D eigenvalue weighted by Gasteiger charge is -2.11. The zero-order chi connectivity index (χ0) is 11.2. The number of halogens is 4. The molecule has 0 atom stereocenters. The zero-order valence-corrected chi connectivity index (χ0v) is 8.74. The van der Waals surface area contributed by atoms with E-state index < -0.39 is 11.9 Å². The maximum Gasteiger partial charge on any atom is 0.448 e. The van der Waals surface area contributed by atoms with Crippen LogP contribution in [0.25, 0.3) is 0 Å². The molecule has 0 aromatic carbocycles. The summed E-state index contributed by atoms with van der Waals surface area (Å²) in [6.07, 6.45) is -2.21. The fourth-order valence-corrected chi connectivity index (χ4v) is 0.692. The van der Waals surface area contributed by atoms with E-state index in [1.54, 1.807) is 13.8 Å². The van der Waals surface area contributed by atoms with Crippen LogP contribution >= 0.6 is 11.6 Å². The van der Waals surface area contributed by atoms with Crippen molar-refractivity contribution < 1.29 is 17.9 Å². The Morgan fingerprint density at radius 2 is 1.86 bits per heavy atom. The summed E-state index contributed by atoms with van der Waals surface area (Å²) < 4.78 is 41.2. The minimum absolute atomic E-state index is 0.0300. The molecule has 0 saturated heterocycles. The molecule has 0 rings (SSSR count). The fraction of sp³-hybridized carbons (Fsp3) is 0.556. The van der Waals surface area contributed by atoms with Gasteiger partial charge in [-0.05, 0) is 19.9 Å². The third kappa shape index (κ3) is 5.91. The molecular formula is C9H12ClF3O. The van der Waals surface area contributed by atoms with E-state index in [0.717, 1.165) is 11.6 Å². The Balaban J connectivity index is 4.56. The van der Waals surface area contributed by atoms with Gasteiger partial charge in [-0.15, -0.1) is 11.6 Å². The molecule has 0 aliphatic rings. The molecule has 0 aliphatic heterocycles. The first-order valence-electron chi connectivity index (χ1n) is 3.99. The molecule has 0 bridgehead atoms. The van der Waals surface area contributed by atoms with Gasteiger partial charge in [0.1, 0.15) is 6.61 Å². The molecule has 0 amide bonds. The first-order valence-corrected chi connectivity index (χ1v) is 4.52. The molecule has 0 aliphatic carbocycles. The predicted molar refractivity (Wildman–Crippen MR) is 50.2 cm³/mol. The minimum atomic E-state index is -4.46. The second-order valence-corrected chi connectivity index (χ2v) is 3.19. The third-order valence-electron chi connectivity index (χ3n) is 1.18. The summed E-state index contributed by atoms with van der Waals surface area (Å²) in [4.78, 5) is 0. The molecule has 0 saturated carbocycles. The van der Waals surface area contributed by atoms with Crippen molar-refractivity contribution in [2.75, 3.05) is 12.5 Å². The number of hydrogen-bond donors (Lipinski definition) is 0. The van der Waals surface area contributed by atoms with E-state index in [1.165, 1.54) is 6.08 Å². The van der Waals surface area contributed by atoms with Gasteiger partial charge in [-0.2, -0.15) is 13.2 Å². The summed E-state index contributed by atoms with van der Waals surface area (Å²) in [6.45, 7) is 3.25. The molecular weight excluding hydrogens is 217 g/mol. The van der Waals surface area contributed by atoms with Crippen LogP contribution in [-0.2, 0) is 4.74 Å². The number of allylic oxidation sites excluding steroid dienone is 4. The van der Waals surface area contributed by atoms with Crippen molar-refractivity contribution in [1.29, 1.82) is 0 Å². The maximum atomic E-state index is 12.2. The second kappa shape index (κ2) is 5.96. The average Bonchev–Trinajstić information content (AvgIpc) is 2.01. The molecule has 0 aromatic heterocycles. The van der Waals surface area contributed by atoms with Gasteiger partial charge < -0.3 is 4.74 Å². The van der Waals surface area contributed by atoms with Crippen LogP contribution in [0.2, 0.25) is 0 Å². The normalized spacial score (nSPS) is 12.6. The van der Waals surface area contributed by atoms with Crippen molar-refractivity contribution in [3.63, 3.8) is 0 Å². The van der Waals surface area contributed by atoms with E-state index in [0.29, 0.717) is 0 Å². The Labute approximate surface area is 86.2 Å². The summed E-state index contributed by atoms with van der Waals surface area (Å²) >= 11 is 5.22. The Morgan fingerprint density at radius 1 is 1.29 bits per heavy atom. The van der Waals surface area contributed by atoms with Gasteiger partial charge in [-0.3, -0.25) is 0 Å². The first kappa shape index (κ1) is 13.4. The summed E-state index contributed by atoms with van der Waals surface area (Å²) in [7, 11) is 0. The van der Waals surface area contributed by atoms with Crippen LogP contribution in [0.1, 0.15) is 13.8 Å². The monoisotopic (exact) mass is 228 g/mol. The lowest BCUT2D eigenvalue weighted by atomic mass is 10.3. The van der Waals surface area contributed by atoms with Gasteiger partial charge in [0.15, 0.2) is 0 Å². The Kier molecular flexibility index (Phi) is 5.69. The highest BCUT2D eigenvalue weighted by Gasteiger charge is 2.35. The molecule has 0 aromatic rings. The van der Waals surface area contributed by atoms with Gasteiger partial charge in [0.05, 0.1) is 5.88 Å². The van der Waals surface area contributed by atoms with Crippen molar-refractivity contribution in [2.24, 2.45) is 0 Å². The van der Waals surface area contributed by atoms with Crippen LogP contribution < -0.4 is 0 Å². The smallest absolute Gasteiger partial charge is 0.448 e. The van der Waals surface area contributed by atoms with E-state index in [-0.39, 0.29) is 12.5 Å². The Bertz CT molecular complexity index is 227. The molecule has 0 spiro atoms. The van der Waals surface area contributed by atoms with Gasteiger partial charge in [0.2, 0.25) is 5.76 Å². The van der Waals surface area contributed by atoms with Gasteiger partial charge in [-0.25, -0.2) is 0 Å². The zero-order valence-electron chi connectivity index (χ0n) is 7.99. The number of rotatable bonds is 4. The number of ether oxygens (including phenoxy) is 1. The van der Waals surface area contributed by atoms with E-state index in [2.05, 4.69) is 4.74 Å². The van der Waals surface area contributed by atoms with E-state index in [9.17, 15) is 13.2 Å². The van der Waals surface area contributed by atoms with Gasteiger partial charge in [0, 0.05) is 0 Å². The molecule has 1 nitrogen and oxygen atoms in total. The lowest BCUT2D eigenvalue weighted by molar-refractivity contribution is -0.129. The second-order valence-electron chi connectivity index (χ2n) is 2.81. The average molecular weight is 229 g/mol. The van der Waals surface area contributed by atoms with Crippen molar-refractivity contribution in [2.45, 2.75) is 20.0 Å². The van der Waals surface area contributed by atoms with Crippen molar-refractivity contribution in [3.05, 3.63) is 23.5 Å². The van der Waals surface area contributed by atoms with E-state index in [1.807, 2.05) is 0 Å². The molecule has 0 fully saturated rings. The highest BCUT2D eigenvalue weighted by atomic mass is 35.5. The predicted octanol–water partition coefficient (Wildman–Crippen LogP) is 3.65. The topological polar surface area (TPSA) is 9.23 Å². The fourth-order valence-electron chi connectivity index (χ4n) is 0.615. The highest BCUT2D eigenvalue weighted by molar-refractivity contribution is 6.17. The van der Waals surface area contributed by atoms with Gasteiger partial charge in [-0.1, -0.05) is 11.6 Å². The van der Waals surface area contributed by atoms with Gasteiger partial charge >= 0.3 is 6.18 Å². The lowest BCUT2D eigenvalue weighted by Crippen LogP contribution is -2.15. The van der Waals surface area contributed by atoms with Crippen LogP contribution in [0.3, 0.4) is 0 Å².